The SMILES string of the molecule is CCCNCc1ccc(N(CC)CCC)nn1. The Morgan fingerprint density at radius 1 is 1.12 bits per heavy atom. The summed E-state index contributed by atoms with van der Waals surface area (Å²) >= 11 is 0. The first-order valence-electron chi connectivity index (χ1n) is 6.60. The predicted molar refractivity (Wildman–Crippen MR) is 72.2 cm³/mol. The molecule has 1 heterocycles. The Bertz CT molecular complexity index is 297. The third kappa shape index (κ3) is 4.69. The van der Waals surface area contributed by atoms with Gasteiger partial charge >= 0.3 is 0 Å². The minimum Gasteiger partial charge on any atom is -0.355 e. The lowest BCUT2D eigenvalue weighted by atomic mass is 10.3. The van der Waals surface area contributed by atoms with Crippen LogP contribution in [0.4, 0.5) is 5.82 Å². The number of nitrogens with zero attached hydrogens (tertiary/aromatic N) is 3. The van der Waals surface area contributed by atoms with Crippen molar-refractivity contribution in [2.24, 2.45) is 0 Å². The first kappa shape index (κ1) is 13.9. The number of aromatic nitrogens is 2. The van der Waals surface area contributed by atoms with Crippen molar-refractivity contribution >= 4 is 5.82 Å². The molecule has 0 radical (unpaired) electrons. The largest absolute Gasteiger partial charge is 0.355 e. The van der Waals surface area contributed by atoms with Crippen molar-refractivity contribution in [3.63, 3.8) is 0 Å². The van der Waals surface area contributed by atoms with Gasteiger partial charge < -0.3 is 10.2 Å². The van der Waals surface area contributed by atoms with Gasteiger partial charge in [-0.05, 0) is 38.4 Å². The average Bonchev–Trinajstić information content (AvgIpc) is 2.37. The van der Waals surface area contributed by atoms with E-state index >= 15 is 0 Å². The number of anilines is 1. The summed E-state index contributed by atoms with van der Waals surface area (Å²) in [7, 11) is 0. The topological polar surface area (TPSA) is 41.0 Å². The molecular formula is C13H24N4. The van der Waals surface area contributed by atoms with Crippen LogP contribution in [0.2, 0.25) is 0 Å². The fraction of sp³-hybridized carbons (Fsp3) is 0.692. The highest BCUT2D eigenvalue weighted by Gasteiger charge is 2.05. The molecule has 0 amide bonds. The fourth-order valence-corrected chi connectivity index (χ4v) is 1.71. The molecule has 0 saturated heterocycles. The molecule has 0 saturated carbocycles. The molecule has 1 aromatic rings. The van der Waals surface area contributed by atoms with Gasteiger partial charge in [0, 0.05) is 19.6 Å². The second-order valence-electron chi connectivity index (χ2n) is 4.14. The summed E-state index contributed by atoms with van der Waals surface area (Å²) in [5.74, 6) is 0.980. The molecule has 0 atom stereocenters. The monoisotopic (exact) mass is 236 g/mol. The van der Waals surface area contributed by atoms with Crippen molar-refractivity contribution in [2.75, 3.05) is 24.5 Å². The number of hydrogen-bond donors (Lipinski definition) is 1. The van der Waals surface area contributed by atoms with Crippen LogP contribution in [-0.2, 0) is 6.54 Å². The molecule has 0 unspecified atom stereocenters. The van der Waals surface area contributed by atoms with E-state index in [1.807, 2.05) is 0 Å². The third-order valence-corrected chi connectivity index (χ3v) is 2.64. The molecule has 96 valence electrons. The van der Waals surface area contributed by atoms with Crippen LogP contribution >= 0.6 is 0 Å². The van der Waals surface area contributed by atoms with E-state index in [0.29, 0.717) is 0 Å². The van der Waals surface area contributed by atoms with Crippen LogP contribution in [0.15, 0.2) is 12.1 Å². The standard InChI is InChI=1S/C13H24N4/c1-4-9-14-11-12-7-8-13(16-15-12)17(6-3)10-5-2/h7-8,14H,4-6,9-11H2,1-3H3. The van der Waals surface area contributed by atoms with Crippen molar-refractivity contribution in [1.29, 1.82) is 0 Å². The van der Waals surface area contributed by atoms with Crippen molar-refractivity contribution in [1.82, 2.24) is 15.5 Å². The quantitative estimate of drug-likeness (QED) is 0.703. The van der Waals surface area contributed by atoms with Crippen LogP contribution < -0.4 is 10.2 Å². The zero-order chi connectivity index (χ0) is 12.5. The third-order valence-electron chi connectivity index (χ3n) is 2.64. The Kier molecular flexibility index (Phi) is 6.55. The van der Waals surface area contributed by atoms with E-state index in [1.165, 1.54) is 0 Å². The van der Waals surface area contributed by atoms with Crippen molar-refractivity contribution < 1.29 is 0 Å². The molecule has 17 heavy (non-hydrogen) atoms. The summed E-state index contributed by atoms with van der Waals surface area (Å²) in [6.45, 7) is 10.3. The Morgan fingerprint density at radius 3 is 2.47 bits per heavy atom. The highest BCUT2D eigenvalue weighted by molar-refractivity contribution is 5.36. The lowest BCUT2D eigenvalue weighted by Crippen LogP contribution is -2.25. The predicted octanol–water partition coefficient (Wildman–Crippen LogP) is 2.21. The summed E-state index contributed by atoms with van der Waals surface area (Å²) in [6.07, 6.45) is 2.28. The van der Waals surface area contributed by atoms with Gasteiger partial charge in [-0.15, -0.1) is 5.10 Å². The van der Waals surface area contributed by atoms with E-state index in [1.54, 1.807) is 0 Å². The van der Waals surface area contributed by atoms with Gasteiger partial charge in [-0.25, -0.2) is 0 Å². The summed E-state index contributed by atoms with van der Waals surface area (Å²) in [5.41, 5.74) is 1.01. The van der Waals surface area contributed by atoms with Crippen LogP contribution in [0.3, 0.4) is 0 Å². The van der Waals surface area contributed by atoms with Gasteiger partial charge in [-0.1, -0.05) is 13.8 Å². The van der Waals surface area contributed by atoms with E-state index < -0.39 is 0 Å². The van der Waals surface area contributed by atoms with Crippen LogP contribution in [0.5, 0.6) is 0 Å². The average molecular weight is 236 g/mol. The summed E-state index contributed by atoms with van der Waals surface area (Å²) < 4.78 is 0. The maximum absolute atomic E-state index is 4.28. The Balaban J connectivity index is 2.53. The van der Waals surface area contributed by atoms with Crippen LogP contribution in [0.25, 0.3) is 0 Å². The molecule has 0 aromatic carbocycles. The molecule has 1 rings (SSSR count). The van der Waals surface area contributed by atoms with Gasteiger partial charge in [0.1, 0.15) is 0 Å². The van der Waals surface area contributed by atoms with Crippen molar-refractivity contribution in [3.05, 3.63) is 17.8 Å². The van der Waals surface area contributed by atoms with Crippen LogP contribution in [0, 0.1) is 0 Å². The van der Waals surface area contributed by atoms with Crippen LogP contribution in [0.1, 0.15) is 39.3 Å². The Morgan fingerprint density at radius 2 is 1.94 bits per heavy atom. The molecule has 1 N–H and O–H groups in total. The van der Waals surface area contributed by atoms with Gasteiger partial charge in [-0.2, -0.15) is 5.10 Å². The molecule has 0 aliphatic heterocycles. The zero-order valence-corrected chi connectivity index (χ0v) is 11.2. The smallest absolute Gasteiger partial charge is 0.151 e. The van der Waals surface area contributed by atoms with Crippen molar-refractivity contribution in [2.45, 2.75) is 40.2 Å². The minimum absolute atomic E-state index is 0.807. The van der Waals surface area contributed by atoms with Gasteiger partial charge in [0.2, 0.25) is 0 Å². The molecule has 0 bridgehead atoms. The van der Waals surface area contributed by atoms with E-state index in [2.05, 4.69) is 53.3 Å². The minimum atomic E-state index is 0.807. The first-order valence-corrected chi connectivity index (χ1v) is 6.60. The molecule has 0 fully saturated rings. The highest BCUT2D eigenvalue weighted by atomic mass is 15.3. The second kappa shape index (κ2) is 8.01. The van der Waals surface area contributed by atoms with E-state index in [9.17, 15) is 0 Å². The van der Waals surface area contributed by atoms with Gasteiger partial charge in [0.15, 0.2) is 5.82 Å². The summed E-state index contributed by atoms with van der Waals surface area (Å²) in [6, 6.07) is 4.12. The molecule has 1 aromatic heterocycles. The normalized spacial score (nSPS) is 10.5. The molecule has 0 aliphatic rings. The molecule has 4 heteroatoms. The summed E-state index contributed by atoms with van der Waals surface area (Å²) in [4.78, 5) is 2.25. The highest BCUT2D eigenvalue weighted by Crippen LogP contribution is 2.09. The van der Waals surface area contributed by atoms with Gasteiger partial charge in [-0.3, -0.25) is 0 Å². The zero-order valence-electron chi connectivity index (χ0n) is 11.2. The lowest BCUT2D eigenvalue weighted by Gasteiger charge is -2.20. The van der Waals surface area contributed by atoms with E-state index in [0.717, 1.165) is 50.5 Å². The second-order valence-corrected chi connectivity index (χ2v) is 4.14. The molecule has 0 spiro atoms. The summed E-state index contributed by atoms with van der Waals surface area (Å²) in [5, 5.41) is 11.9. The Hall–Kier alpha value is -1.16. The number of nitrogens with one attached hydrogen (secondary N) is 1. The van der Waals surface area contributed by atoms with Crippen LogP contribution in [-0.4, -0.2) is 29.8 Å². The maximum Gasteiger partial charge on any atom is 0.151 e. The Labute approximate surface area is 104 Å². The number of hydrogen-bond acceptors (Lipinski definition) is 4. The number of rotatable bonds is 8. The lowest BCUT2D eigenvalue weighted by molar-refractivity contribution is 0.654. The van der Waals surface area contributed by atoms with Gasteiger partial charge in [0.25, 0.3) is 0 Å². The van der Waals surface area contributed by atoms with E-state index in [4.69, 9.17) is 0 Å². The first-order chi connectivity index (χ1) is 8.31. The molecule has 4 nitrogen and oxygen atoms in total. The maximum atomic E-state index is 4.28. The van der Waals surface area contributed by atoms with E-state index in [-0.39, 0.29) is 0 Å². The molecule has 0 aliphatic carbocycles. The fourth-order valence-electron chi connectivity index (χ4n) is 1.71. The van der Waals surface area contributed by atoms with Gasteiger partial charge in [0.05, 0.1) is 5.69 Å². The molecular weight excluding hydrogens is 212 g/mol. The van der Waals surface area contributed by atoms with Crippen molar-refractivity contribution in [3.8, 4) is 0 Å².